The fraction of sp³-hybridized carbons (Fsp3) is 0.565. The van der Waals surface area contributed by atoms with Crippen molar-refractivity contribution in [2.75, 3.05) is 20.1 Å². The molecule has 0 atom stereocenters. The first-order valence-electron chi connectivity index (χ1n) is 10.7. The van der Waals surface area contributed by atoms with Gasteiger partial charge in [-0.15, -0.1) is 24.0 Å². The van der Waals surface area contributed by atoms with Gasteiger partial charge in [0.25, 0.3) is 0 Å². The van der Waals surface area contributed by atoms with Gasteiger partial charge in [-0.05, 0) is 48.9 Å². The third kappa shape index (κ3) is 7.58. The average Bonchev–Trinajstić information content (AvgIpc) is 3.20. The molecule has 0 radical (unpaired) electrons. The fourth-order valence-electron chi connectivity index (χ4n) is 3.58. The first kappa shape index (κ1) is 24.7. The van der Waals surface area contributed by atoms with Crippen LogP contribution in [0.2, 0.25) is 0 Å². The van der Waals surface area contributed by atoms with E-state index in [0.29, 0.717) is 12.5 Å². The standard InChI is InChI=1S/C23H35N5O.HI/c1-17(2)22-13-21(29-27-22)15-26-23(24-4)25-14-19-6-5-7-20(12-19)16-28-10-8-18(3)9-11-28;/h5-7,12-13,17-18H,8-11,14-16H2,1-4H3,(H2,24,25,26);1H. The molecule has 1 saturated heterocycles. The zero-order valence-electron chi connectivity index (χ0n) is 18.6. The van der Waals surface area contributed by atoms with Gasteiger partial charge >= 0.3 is 0 Å². The van der Waals surface area contributed by atoms with E-state index >= 15 is 0 Å². The van der Waals surface area contributed by atoms with Gasteiger partial charge in [0.15, 0.2) is 11.7 Å². The van der Waals surface area contributed by atoms with E-state index in [0.717, 1.165) is 36.4 Å². The summed E-state index contributed by atoms with van der Waals surface area (Å²) in [5.41, 5.74) is 3.62. The molecule has 0 aliphatic carbocycles. The minimum atomic E-state index is 0. The van der Waals surface area contributed by atoms with E-state index in [-0.39, 0.29) is 24.0 Å². The Morgan fingerprint density at radius 3 is 2.53 bits per heavy atom. The van der Waals surface area contributed by atoms with E-state index in [4.69, 9.17) is 4.52 Å². The SMILES string of the molecule is CN=C(NCc1cccc(CN2CCC(C)CC2)c1)NCc1cc(C(C)C)no1.I. The van der Waals surface area contributed by atoms with Gasteiger partial charge < -0.3 is 15.2 Å². The van der Waals surface area contributed by atoms with E-state index in [1.165, 1.54) is 37.1 Å². The molecule has 2 N–H and O–H groups in total. The highest BCUT2D eigenvalue weighted by molar-refractivity contribution is 14.0. The van der Waals surface area contributed by atoms with E-state index < -0.39 is 0 Å². The van der Waals surface area contributed by atoms with Gasteiger partial charge in [-0.3, -0.25) is 9.89 Å². The molecule has 3 rings (SSSR count). The lowest BCUT2D eigenvalue weighted by molar-refractivity contribution is 0.185. The Labute approximate surface area is 197 Å². The molecule has 1 fully saturated rings. The van der Waals surface area contributed by atoms with E-state index in [2.05, 4.69) is 70.7 Å². The Morgan fingerprint density at radius 2 is 1.87 bits per heavy atom. The zero-order valence-corrected chi connectivity index (χ0v) is 21.0. The van der Waals surface area contributed by atoms with Gasteiger partial charge in [-0.1, -0.05) is 50.2 Å². The Morgan fingerprint density at radius 1 is 1.17 bits per heavy atom. The van der Waals surface area contributed by atoms with Crippen LogP contribution in [-0.2, 0) is 19.6 Å². The van der Waals surface area contributed by atoms with Crippen molar-refractivity contribution in [3.8, 4) is 0 Å². The number of nitrogens with one attached hydrogen (secondary N) is 2. The molecule has 30 heavy (non-hydrogen) atoms. The molecular formula is C23H36IN5O. The fourth-order valence-corrected chi connectivity index (χ4v) is 3.58. The second-order valence-corrected chi connectivity index (χ2v) is 8.43. The number of likely N-dealkylation sites (tertiary alicyclic amines) is 1. The highest BCUT2D eigenvalue weighted by atomic mass is 127. The molecule has 0 saturated carbocycles. The number of halogens is 1. The topological polar surface area (TPSA) is 65.7 Å². The molecule has 1 aliphatic heterocycles. The number of piperidine rings is 1. The molecule has 2 heterocycles. The van der Waals surface area contributed by atoms with Crippen LogP contribution >= 0.6 is 24.0 Å². The van der Waals surface area contributed by atoms with Crippen LogP contribution in [0.25, 0.3) is 0 Å². The largest absolute Gasteiger partial charge is 0.359 e. The zero-order chi connectivity index (χ0) is 20.6. The van der Waals surface area contributed by atoms with Crippen molar-refractivity contribution >= 4 is 29.9 Å². The molecule has 7 heteroatoms. The normalized spacial score (nSPS) is 15.8. The molecule has 0 bridgehead atoms. The summed E-state index contributed by atoms with van der Waals surface area (Å²) in [6.07, 6.45) is 2.63. The van der Waals surface area contributed by atoms with Gasteiger partial charge in [0, 0.05) is 26.2 Å². The second-order valence-electron chi connectivity index (χ2n) is 8.43. The molecule has 2 aromatic rings. The molecule has 0 amide bonds. The number of benzene rings is 1. The lowest BCUT2D eigenvalue weighted by Gasteiger charge is -2.30. The minimum absolute atomic E-state index is 0. The van der Waals surface area contributed by atoms with Gasteiger partial charge in [0.05, 0.1) is 12.2 Å². The van der Waals surface area contributed by atoms with Crippen molar-refractivity contribution in [1.82, 2.24) is 20.7 Å². The van der Waals surface area contributed by atoms with Crippen LogP contribution in [0.1, 0.15) is 62.1 Å². The number of hydrogen-bond donors (Lipinski definition) is 2. The monoisotopic (exact) mass is 525 g/mol. The lowest BCUT2D eigenvalue weighted by Crippen LogP contribution is -2.36. The molecule has 6 nitrogen and oxygen atoms in total. The first-order chi connectivity index (χ1) is 14.0. The van der Waals surface area contributed by atoms with Crippen LogP contribution in [0.4, 0.5) is 0 Å². The van der Waals surface area contributed by atoms with Crippen LogP contribution < -0.4 is 10.6 Å². The third-order valence-corrected chi connectivity index (χ3v) is 5.56. The highest BCUT2D eigenvalue weighted by Gasteiger charge is 2.15. The first-order valence-corrected chi connectivity index (χ1v) is 10.7. The van der Waals surface area contributed by atoms with Crippen molar-refractivity contribution in [3.05, 3.63) is 52.9 Å². The summed E-state index contributed by atoms with van der Waals surface area (Å²) in [6.45, 7) is 11.3. The van der Waals surface area contributed by atoms with Crippen LogP contribution in [0, 0.1) is 5.92 Å². The Hall–Kier alpha value is -1.61. The summed E-state index contributed by atoms with van der Waals surface area (Å²) in [5.74, 6) is 2.80. The van der Waals surface area contributed by atoms with Crippen LogP contribution in [0.15, 0.2) is 39.8 Å². The highest BCUT2D eigenvalue weighted by Crippen LogP contribution is 2.18. The van der Waals surface area contributed by atoms with E-state index in [1.54, 1.807) is 7.05 Å². The van der Waals surface area contributed by atoms with Gasteiger partial charge in [0.1, 0.15) is 0 Å². The summed E-state index contributed by atoms with van der Waals surface area (Å²) in [6, 6.07) is 10.8. The van der Waals surface area contributed by atoms with Crippen LogP contribution in [0.3, 0.4) is 0 Å². The minimum Gasteiger partial charge on any atom is -0.359 e. The number of rotatable bonds is 7. The summed E-state index contributed by atoms with van der Waals surface area (Å²) >= 11 is 0. The van der Waals surface area contributed by atoms with Crippen molar-refractivity contribution in [1.29, 1.82) is 0 Å². The third-order valence-electron chi connectivity index (χ3n) is 5.56. The van der Waals surface area contributed by atoms with Gasteiger partial charge in [0.2, 0.25) is 0 Å². The summed E-state index contributed by atoms with van der Waals surface area (Å²) in [4.78, 5) is 6.87. The number of aromatic nitrogens is 1. The molecule has 0 unspecified atom stereocenters. The molecular weight excluding hydrogens is 489 g/mol. The number of aliphatic imine (C=N–C) groups is 1. The van der Waals surface area contributed by atoms with Crippen molar-refractivity contribution in [2.45, 2.75) is 59.2 Å². The summed E-state index contributed by atoms with van der Waals surface area (Å²) < 4.78 is 5.38. The smallest absolute Gasteiger partial charge is 0.191 e. The summed E-state index contributed by atoms with van der Waals surface area (Å²) in [7, 11) is 1.78. The molecule has 1 aromatic carbocycles. The van der Waals surface area contributed by atoms with Crippen molar-refractivity contribution in [3.63, 3.8) is 0 Å². The molecule has 1 aliphatic rings. The maximum absolute atomic E-state index is 5.38. The average molecular weight is 525 g/mol. The second kappa shape index (κ2) is 12.3. The quantitative estimate of drug-likeness (QED) is 0.317. The molecule has 0 spiro atoms. The Kier molecular flexibility index (Phi) is 10.1. The van der Waals surface area contributed by atoms with E-state index in [9.17, 15) is 0 Å². The summed E-state index contributed by atoms with van der Waals surface area (Å²) in [5, 5.41) is 10.8. The van der Waals surface area contributed by atoms with Crippen molar-refractivity contribution in [2.24, 2.45) is 10.9 Å². The Bertz CT molecular complexity index is 796. The molecule has 1 aromatic heterocycles. The van der Waals surface area contributed by atoms with Crippen LogP contribution in [-0.4, -0.2) is 36.2 Å². The number of guanidine groups is 1. The van der Waals surface area contributed by atoms with Gasteiger partial charge in [-0.2, -0.15) is 0 Å². The lowest BCUT2D eigenvalue weighted by atomic mass is 9.98. The molecule has 166 valence electrons. The predicted molar refractivity (Wildman–Crippen MR) is 133 cm³/mol. The maximum Gasteiger partial charge on any atom is 0.191 e. The van der Waals surface area contributed by atoms with Crippen molar-refractivity contribution < 1.29 is 4.52 Å². The van der Waals surface area contributed by atoms with Crippen LogP contribution in [0.5, 0.6) is 0 Å². The predicted octanol–water partition coefficient (Wildman–Crippen LogP) is 4.51. The maximum atomic E-state index is 5.38. The number of hydrogen-bond acceptors (Lipinski definition) is 4. The Balaban J connectivity index is 0.00000320. The van der Waals surface area contributed by atoms with Gasteiger partial charge in [-0.25, -0.2) is 0 Å². The number of nitrogens with zero attached hydrogens (tertiary/aromatic N) is 3. The van der Waals surface area contributed by atoms with E-state index in [1.807, 2.05) is 6.07 Å².